The van der Waals surface area contributed by atoms with E-state index in [4.69, 9.17) is 17.3 Å². The Morgan fingerprint density at radius 3 is 2.79 bits per heavy atom. The molecule has 0 saturated heterocycles. The molecule has 14 heavy (non-hydrogen) atoms. The van der Waals surface area contributed by atoms with E-state index in [2.05, 4.69) is 9.97 Å². The number of hydrogen-bond donors (Lipinski definition) is 2. The Labute approximate surface area is 82.9 Å². The highest BCUT2D eigenvalue weighted by Gasteiger charge is 2.14. The number of anilines is 1. The lowest BCUT2D eigenvalue weighted by Crippen LogP contribution is -1.85. The maximum atomic E-state index is 12.3. The van der Waals surface area contributed by atoms with Crippen LogP contribution in [0.5, 0.6) is 0 Å². The van der Waals surface area contributed by atoms with E-state index >= 15 is 0 Å². The van der Waals surface area contributed by atoms with Crippen LogP contribution in [0.3, 0.4) is 0 Å². The smallest absolute Gasteiger partial charge is 0.295 e. The highest BCUT2D eigenvalue weighted by atomic mass is 35.5. The molecule has 3 nitrogen and oxygen atoms in total. The second-order valence-corrected chi connectivity index (χ2v) is 3.23. The van der Waals surface area contributed by atoms with Gasteiger partial charge in [-0.3, -0.25) is 0 Å². The van der Waals surface area contributed by atoms with Gasteiger partial charge in [0.2, 0.25) is 0 Å². The summed E-state index contributed by atoms with van der Waals surface area (Å²) in [5, 5.41) is 0.291. The Hall–Kier alpha value is -1.36. The van der Waals surface area contributed by atoms with Crippen LogP contribution >= 0.6 is 11.6 Å². The summed E-state index contributed by atoms with van der Waals surface area (Å²) in [6.45, 7) is 0. The maximum Gasteiger partial charge on any atom is 0.295 e. The number of nitrogens with one attached hydrogen (secondary N) is 1. The van der Waals surface area contributed by atoms with Crippen molar-refractivity contribution in [2.24, 2.45) is 0 Å². The molecule has 0 spiro atoms. The molecule has 0 aliphatic rings. The molecule has 1 heterocycles. The number of nitrogen functional groups attached to an aromatic ring is 1. The minimum absolute atomic E-state index is 0.291. The third-order valence-electron chi connectivity index (χ3n) is 1.79. The van der Waals surface area contributed by atoms with Crippen molar-refractivity contribution in [1.82, 2.24) is 9.97 Å². The van der Waals surface area contributed by atoms with Crippen LogP contribution in [0.2, 0.25) is 5.02 Å². The molecule has 0 amide bonds. The fourth-order valence-electron chi connectivity index (χ4n) is 1.21. The van der Waals surface area contributed by atoms with Crippen LogP contribution in [0.15, 0.2) is 12.1 Å². The highest BCUT2D eigenvalue weighted by molar-refractivity contribution is 6.35. The van der Waals surface area contributed by atoms with Gasteiger partial charge in [0, 0.05) is 5.69 Å². The molecule has 0 bridgehead atoms. The van der Waals surface area contributed by atoms with E-state index in [0.717, 1.165) is 0 Å². The van der Waals surface area contributed by atoms with Crippen molar-refractivity contribution >= 4 is 28.3 Å². The van der Waals surface area contributed by atoms with Crippen molar-refractivity contribution in [3.05, 3.63) is 23.0 Å². The number of hydrogen-bond acceptors (Lipinski definition) is 2. The Morgan fingerprint density at radius 1 is 1.43 bits per heavy atom. The summed E-state index contributed by atoms with van der Waals surface area (Å²) in [5.74, 6) is -0.396. The summed E-state index contributed by atoms with van der Waals surface area (Å²) in [6, 6.07) is 2.97. The number of aromatic nitrogens is 2. The second kappa shape index (κ2) is 3.09. The van der Waals surface area contributed by atoms with Gasteiger partial charge in [-0.15, -0.1) is 0 Å². The number of benzene rings is 1. The van der Waals surface area contributed by atoms with E-state index in [1.165, 1.54) is 12.1 Å². The summed E-state index contributed by atoms with van der Waals surface area (Å²) in [7, 11) is 0. The maximum absolute atomic E-state index is 12.3. The first-order valence-corrected chi connectivity index (χ1v) is 4.18. The lowest BCUT2D eigenvalue weighted by molar-refractivity contribution is 0.142. The van der Waals surface area contributed by atoms with Crippen LogP contribution in [0, 0.1) is 0 Å². The first kappa shape index (κ1) is 9.21. The normalized spacial score (nSPS) is 11.4. The van der Waals surface area contributed by atoms with Crippen LogP contribution in [0.25, 0.3) is 11.0 Å². The molecule has 3 N–H and O–H groups in total. The van der Waals surface area contributed by atoms with Crippen LogP contribution in [0.1, 0.15) is 12.2 Å². The topological polar surface area (TPSA) is 54.7 Å². The van der Waals surface area contributed by atoms with Gasteiger partial charge < -0.3 is 10.7 Å². The summed E-state index contributed by atoms with van der Waals surface area (Å²) in [4.78, 5) is 6.11. The quantitative estimate of drug-likeness (QED) is 0.722. The summed E-state index contributed by atoms with van der Waals surface area (Å²) in [6.07, 6.45) is -2.64. The van der Waals surface area contributed by atoms with Crippen LogP contribution in [-0.2, 0) is 0 Å². The van der Waals surface area contributed by atoms with Crippen LogP contribution in [0.4, 0.5) is 14.5 Å². The number of fused-ring (bicyclic) bond motifs is 1. The number of imidazole rings is 1. The minimum atomic E-state index is -2.64. The predicted octanol–water partition coefficient (Wildman–Crippen LogP) is 2.74. The molecule has 1 aromatic heterocycles. The predicted molar refractivity (Wildman–Crippen MR) is 50.5 cm³/mol. The average molecular weight is 218 g/mol. The van der Waals surface area contributed by atoms with Gasteiger partial charge in [-0.05, 0) is 12.1 Å². The average Bonchev–Trinajstić information content (AvgIpc) is 2.47. The first-order chi connectivity index (χ1) is 6.58. The summed E-state index contributed by atoms with van der Waals surface area (Å²) >= 11 is 5.78. The molecule has 0 saturated carbocycles. The van der Waals surface area contributed by atoms with Gasteiger partial charge >= 0.3 is 0 Å². The SMILES string of the molecule is Nc1cc(Cl)c2[nH]c(C(F)F)nc2c1. The fourth-order valence-corrected chi connectivity index (χ4v) is 1.48. The third-order valence-corrected chi connectivity index (χ3v) is 2.09. The van der Waals surface area contributed by atoms with Gasteiger partial charge in [-0.25, -0.2) is 13.8 Å². The van der Waals surface area contributed by atoms with E-state index < -0.39 is 12.2 Å². The molecule has 0 radical (unpaired) electrons. The van der Waals surface area contributed by atoms with E-state index in [1.807, 2.05) is 0 Å². The minimum Gasteiger partial charge on any atom is -0.399 e. The molecule has 0 unspecified atom stereocenters. The van der Waals surface area contributed by atoms with Gasteiger partial charge in [-0.1, -0.05) is 11.6 Å². The van der Waals surface area contributed by atoms with Crippen molar-refractivity contribution < 1.29 is 8.78 Å². The Balaban J connectivity index is 2.70. The number of nitrogens with two attached hydrogens (primary N) is 1. The number of nitrogens with zero attached hydrogens (tertiary/aromatic N) is 1. The van der Waals surface area contributed by atoms with Gasteiger partial charge in [0.05, 0.1) is 16.1 Å². The number of aromatic amines is 1. The Morgan fingerprint density at radius 2 is 2.14 bits per heavy atom. The lowest BCUT2D eigenvalue weighted by Gasteiger charge is -1.94. The van der Waals surface area contributed by atoms with Crippen LogP contribution in [-0.4, -0.2) is 9.97 Å². The molecule has 0 fully saturated rings. The van der Waals surface area contributed by atoms with Gasteiger partial charge in [0.15, 0.2) is 5.82 Å². The Bertz CT molecular complexity index is 481. The zero-order valence-corrected chi connectivity index (χ0v) is 7.65. The molecule has 0 aliphatic carbocycles. The largest absolute Gasteiger partial charge is 0.399 e. The lowest BCUT2D eigenvalue weighted by atomic mass is 10.3. The van der Waals surface area contributed by atoms with Crippen molar-refractivity contribution in [2.45, 2.75) is 6.43 Å². The third kappa shape index (κ3) is 1.39. The monoisotopic (exact) mass is 217 g/mol. The molecule has 1 aromatic carbocycles. The fraction of sp³-hybridized carbons (Fsp3) is 0.125. The molecule has 74 valence electrons. The number of halogens is 3. The molecule has 2 aromatic rings. The van der Waals surface area contributed by atoms with Gasteiger partial charge in [-0.2, -0.15) is 0 Å². The summed E-state index contributed by atoms with van der Waals surface area (Å²) in [5.41, 5.74) is 6.62. The zero-order chi connectivity index (χ0) is 10.3. The van der Waals surface area contributed by atoms with Crippen molar-refractivity contribution in [3.63, 3.8) is 0 Å². The van der Waals surface area contributed by atoms with Crippen molar-refractivity contribution in [3.8, 4) is 0 Å². The number of rotatable bonds is 1. The molecule has 0 aliphatic heterocycles. The number of alkyl halides is 2. The number of H-pyrrole nitrogens is 1. The van der Waals surface area contributed by atoms with Gasteiger partial charge in [0.1, 0.15) is 0 Å². The zero-order valence-electron chi connectivity index (χ0n) is 6.89. The molecule has 2 rings (SSSR count). The van der Waals surface area contributed by atoms with Gasteiger partial charge in [0.25, 0.3) is 6.43 Å². The molecular weight excluding hydrogens is 212 g/mol. The van der Waals surface area contributed by atoms with Crippen molar-refractivity contribution in [1.29, 1.82) is 0 Å². The first-order valence-electron chi connectivity index (χ1n) is 3.80. The van der Waals surface area contributed by atoms with Crippen LogP contribution < -0.4 is 5.73 Å². The van der Waals surface area contributed by atoms with E-state index in [-0.39, 0.29) is 0 Å². The summed E-state index contributed by atoms with van der Waals surface area (Å²) < 4.78 is 24.5. The standard InChI is InChI=1S/C8H6ClF2N3/c9-4-1-3(12)2-5-6(4)14-8(13-5)7(10)11/h1-2,7H,12H2,(H,13,14). The van der Waals surface area contributed by atoms with Crippen molar-refractivity contribution in [2.75, 3.05) is 5.73 Å². The van der Waals surface area contributed by atoms with E-state index in [1.54, 1.807) is 0 Å². The van der Waals surface area contributed by atoms with E-state index in [0.29, 0.717) is 21.7 Å². The second-order valence-electron chi connectivity index (χ2n) is 2.82. The molecule has 6 heteroatoms. The van der Waals surface area contributed by atoms with E-state index in [9.17, 15) is 8.78 Å². The highest BCUT2D eigenvalue weighted by Crippen LogP contribution is 2.27. The molecule has 0 atom stereocenters. The molecular formula is C8H6ClF2N3. The Kier molecular flexibility index (Phi) is 2.03.